The number of allylic oxidation sites excluding steroid dienone is 2. The summed E-state index contributed by atoms with van der Waals surface area (Å²) in [6.45, 7) is 7.12. The number of hydrogen-bond donors (Lipinski definition) is 2. The van der Waals surface area contributed by atoms with Crippen LogP contribution in [0.15, 0.2) is 11.6 Å². The molecule has 3 heterocycles. The van der Waals surface area contributed by atoms with E-state index in [4.69, 9.17) is 9.47 Å². The Labute approximate surface area is 154 Å². The Balaban J connectivity index is 1.99. The van der Waals surface area contributed by atoms with Crippen molar-refractivity contribution in [3.8, 4) is 0 Å². The van der Waals surface area contributed by atoms with Crippen LogP contribution < -0.4 is 0 Å². The molecule has 0 spiro atoms. The van der Waals surface area contributed by atoms with E-state index < -0.39 is 35.3 Å². The van der Waals surface area contributed by atoms with E-state index >= 15 is 0 Å². The molecule has 6 nitrogen and oxygen atoms in total. The number of esters is 1. The predicted octanol–water partition coefficient (Wildman–Crippen LogP) is 1.91. The van der Waals surface area contributed by atoms with Gasteiger partial charge in [-0.05, 0) is 52.4 Å². The summed E-state index contributed by atoms with van der Waals surface area (Å²) in [5, 5.41) is 21.6. The lowest BCUT2D eigenvalue weighted by Crippen LogP contribution is -2.53. The molecule has 0 unspecified atom stereocenters. The molecule has 26 heavy (non-hydrogen) atoms. The number of aliphatic hydroxyl groups excluding tert-OH is 1. The molecule has 6 heteroatoms. The summed E-state index contributed by atoms with van der Waals surface area (Å²) in [6.07, 6.45) is 3.16. The number of ketones is 1. The maximum Gasteiger partial charge on any atom is 0.339 e. The van der Waals surface area contributed by atoms with Crippen LogP contribution >= 0.6 is 0 Å². The first-order chi connectivity index (χ1) is 12.1. The highest BCUT2D eigenvalue weighted by atomic mass is 16.6. The van der Waals surface area contributed by atoms with Crippen LogP contribution in [0.25, 0.3) is 0 Å². The summed E-state index contributed by atoms with van der Waals surface area (Å²) < 4.78 is 11.5. The number of aliphatic hydroxyl groups is 2. The van der Waals surface area contributed by atoms with Crippen LogP contribution in [-0.4, -0.2) is 51.5 Å². The monoisotopic (exact) mass is 366 g/mol. The minimum atomic E-state index is -1.94. The fourth-order valence-electron chi connectivity index (χ4n) is 4.59. The van der Waals surface area contributed by atoms with Crippen molar-refractivity contribution in [2.24, 2.45) is 11.8 Å². The average Bonchev–Trinajstić information content (AvgIpc) is 3.05. The molecule has 3 rings (SSSR count). The number of hydrogen-bond acceptors (Lipinski definition) is 6. The topological polar surface area (TPSA) is 93.1 Å². The minimum absolute atomic E-state index is 0.0240. The molecule has 0 saturated carbocycles. The van der Waals surface area contributed by atoms with Gasteiger partial charge in [0.2, 0.25) is 0 Å². The van der Waals surface area contributed by atoms with Crippen molar-refractivity contribution in [3.63, 3.8) is 0 Å². The number of fused-ring (bicyclic) bond motifs is 3. The van der Waals surface area contributed by atoms with Crippen LogP contribution in [0.1, 0.15) is 59.8 Å². The summed E-state index contributed by atoms with van der Waals surface area (Å²) in [5.74, 6) is -1.93. The van der Waals surface area contributed by atoms with Gasteiger partial charge in [0, 0.05) is 6.42 Å². The molecule has 0 aromatic rings. The standard InChI is InChI=1S/C20H30O6/c1-11-6-5-7-12(2)14-8-9-19(3,26-14)17(22)16-15(13(21)10-11)20(4,24)18(23)25-16/h6,12,14-17,22,24H,5,7-10H2,1-4H3/b11-6+/t12-,14+,15-,16-,17+,19+,20-/m0/s1. The van der Waals surface area contributed by atoms with Crippen molar-refractivity contribution in [2.45, 2.75) is 89.3 Å². The molecule has 2 fully saturated rings. The zero-order chi connectivity index (χ0) is 19.3. The molecule has 3 aliphatic heterocycles. The molecule has 0 radical (unpaired) electrons. The van der Waals surface area contributed by atoms with Gasteiger partial charge in [-0.1, -0.05) is 18.6 Å². The molecule has 2 saturated heterocycles. The molecule has 3 aliphatic rings. The molecular formula is C20H30O6. The summed E-state index contributed by atoms with van der Waals surface area (Å²) in [7, 11) is 0. The van der Waals surface area contributed by atoms with E-state index in [0.717, 1.165) is 24.8 Å². The van der Waals surface area contributed by atoms with Crippen LogP contribution in [0.2, 0.25) is 0 Å². The van der Waals surface area contributed by atoms with Gasteiger partial charge >= 0.3 is 5.97 Å². The van der Waals surface area contributed by atoms with Gasteiger partial charge in [-0.25, -0.2) is 4.79 Å². The smallest absolute Gasteiger partial charge is 0.339 e. The molecule has 0 aromatic heterocycles. The van der Waals surface area contributed by atoms with Crippen LogP contribution in [0, 0.1) is 11.8 Å². The summed E-state index contributed by atoms with van der Waals surface area (Å²) in [6, 6.07) is 0. The van der Waals surface area contributed by atoms with Crippen LogP contribution in [0.4, 0.5) is 0 Å². The van der Waals surface area contributed by atoms with E-state index in [9.17, 15) is 19.8 Å². The molecule has 146 valence electrons. The summed E-state index contributed by atoms with van der Waals surface area (Å²) in [5.41, 5.74) is -1.94. The van der Waals surface area contributed by atoms with Gasteiger partial charge in [0.05, 0.1) is 17.6 Å². The fraction of sp³-hybridized carbons (Fsp3) is 0.800. The van der Waals surface area contributed by atoms with Crippen LogP contribution in [-0.2, 0) is 19.1 Å². The Bertz CT molecular complexity index is 624. The predicted molar refractivity (Wildman–Crippen MR) is 94.3 cm³/mol. The van der Waals surface area contributed by atoms with Crippen molar-refractivity contribution >= 4 is 11.8 Å². The minimum Gasteiger partial charge on any atom is -0.456 e. The summed E-state index contributed by atoms with van der Waals surface area (Å²) in [4.78, 5) is 25.1. The third kappa shape index (κ3) is 3.23. The van der Waals surface area contributed by atoms with Crippen molar-refractivity contribution < 1.29 is 29.3 Å². The number of ether oxygens (including phenoxy) is 2. The quantitative estimate of drug-likeness (QED) is 0.502. The van der Waals surface area contributed by atoms with Gasteiger partial charge < -0.3 is 19.7 Å². The molecule has 2 bridgehead atoms. The Kier molecular flexibility index (Phi) is 5.05. The van der Waals surface area contributed by atoms with Crippen LogP contribution in [0.3, 0.4) is 0 Å². The largest absolute Gasteiger partial charge is 0.456 e. The van der Waals surface area contributed by atoms with Gasteiger partial charge in [-0.15, -0.1) is 0 Å². The molecule has 0 aromatic carbocycles. The normalized spacial score (nSPS) is 49.3. The maximum absolute atomic E-state index is 12.9. The van der Waals surface area contributed by atoms with Gasteiger partial charge in [0.25, 0.3) is 0 Å². The van der Waals surface area contributed by atoms with Crippen molar-refractivity contribution in [3.05, 3.63) is 11.6 Å². The Hall–Kier alpha value is -1.24. The molecule has 2 N–H and O–H groups in total. The van der Waals surface area contributed by atoms with Gasteiger partial charge in [0.1, 0.15) is 18.0 Å². The van der Waals surface area contributed by atoms with E-state index in [0.29, 0.717) is 12.3 Å². The highest BCUT2D eigenvalue weighted by molar-refractivity contribution is 5.94. The highest BCUT2D eigenvalue weighted by Gasteiger charge is 2.62. The first-order valence-electron chi connectivity index (χ1n) is 9.54. The van der Waals surface area contributed by atoms with Crippen LogP contribution in [0.5, 0.6) is 0 Å². The second-order valence-electron chi connectivity index (χ2n) is 8.70. The van der Waals surface area contributed by atoms with Crippen molar-refractivity contribution in [1.29, 1.82) is 0 Å². The van der Waals surface area contributed by atoms with Crippen molar-refractivity contribution in [1.82, 2.24) is 0 Å². The lowest BCUT2D eigenvalue weighted by molar-refractivity contribution is -0.171. The van der Waals surface area contributed by atoms with E-state index in [1.54, 1.807) is 6.92 Å². The Morgan fingerprint density at radius 3 is 2.62 bits per heavy atom. The zero-order valence-electron chi connectivity index (χ0n) is 16.0. The average molecular weight is 366 g/mol. The van der Waals surface area contributed by atoms with Gasteiger partial charge in [-0.3, -0.25) is 4.79 Å². The Morgan fingerprint density at radius 1 is 1.23 bits per heavy atom. The molecule has 7 atom stereocenters. The van der Waals surface area contributed by atoms with E-state index in [1.807, 2.05) is 13.0 Å². The van der Waals surface area contributed by atoms with E-state index in [-0.39, 0.29) is 18.3 Å². The third-order valence-corrected chi connectivity index (χ3v) is 6.42. The van der Waals surface area contributed by atoms with E-state index in [1.165, 1.54) is 6.92 Å². The maximum atomic E-state index is 12.9. The lowest BCUT2D eigenvalue weighted by Gasteiger charge is -2.36. The highest BCUT2D eigenvalue weighted by Crippen LogP contribution is 2.44. The van der Waals surface area contributed by atoms with Gasteiger partial charge in [0.15, 0.2) is 5.60 Å². The number of Topliss-reactive ketones (excluding diaryl/α,β-unsaturated/α-hetero) is 1. The first-order valence-corrected chi connectivity index (χ1v) is 9.54. The molecular weight excluding hydrogens is 336 g/mol. The van der Waals surface area contributed by atoms with Gasteiger partial charge in [-0.2, -0.15) is 0 Å². The summed E-state index contributed by atoms with van der Waals surface area (Å²) >= 11 is 0. The number of carbonyl (C=O) groups is 2. The third-order valence-electron chi connectivity index (χ3n) is 6.42. The van der Waals surface area contributed by atoms with E-state index in [2.05, 4.69) is 6.92 Å². The second kappa shape index (κ2) is 6.73. The number of carbonyl (C=O) groups excluding carboxylic acids is 2. The van der Waals surface area contributed by atoms with Crippen molar-refractivity contribution in [2.75, 3.05) is 0 Å². The lowest BCUT2D eigenvalue weighted by atomic mass is 9.76. The fourth-order valence-corrected chi connectivity index (χ4v) is 4.59. The number of rotatable bonds is 0. The first kappa shape index (κ1) is 19.5. The second-order valence-corrected chi connectivity index (χ2v) is 8.70. The molecule has 0 amide bonds. The SMILES string of the molecule is C/C1=C\CC[C@H](C)[C@H]2CC[C@@](C)(O2)[C@H](O)[C@H]2OC(=O)[C@@](C)(O)[C@H]2C(=O)C1. The zero-order valence-corrected chi connectivity index (χ0v) is 16.0. The Morgan fingerprint density at radius 2 is 1.92 bits per heavy atom. The molecule has 0 aliphatic carbocycles.